The van der Waals surface area contributed by atoms with Gasteiger partial charge in [0.25, 0.3) is 0 Å². The summed E-state index contributed by atoms with van der Waals surface area (Å²) in [6.45, 7) is 4.78. The number of anilines is 3. The number of benzene rings is 11. The van der Waals surface area contributed by atoms with Gasteiger partial charge in [-0.25, -0.2) is 0 Å². The van der Waals surface area contributed by atoms with Crippen molar-refractivity contribution < 1.29 is 4.42 Å². The summed E-state index contributed by atoms with van der Waals surface area (Å²) in [6, 6.07) is 89.6. The molecule has 2 heteroatoms. The largest absolute Gasteiger partial charge is 0.455 e. The van der Waals surface area contributed by atoms with Crippen LogP contribution in [0, 0.1) is 0 Å². The number of rotatable bonds is 3. The average molecular weight is 928 g/mol. The Bertz CT molecular complexity index is 4390. The summed E-state index contributed by atoms with van der Waals surface area (Å²) >= 11 is 0. The standard InChI is InChI=1S/C71H45NO/c1-69(2)54-25-10-7-23-51(54)66-61(69)31-17-32-64(66)72(43-34-36-48-46-20-5-13-28-57(46)71(63(48)41-43)55-26-11-3-18-44(55)45-19-4-12-27-56(45)71)42-35-38-60-53(40-42)47-21-6-14-29-58(47)70(60)59-30-15-8-24-52(59)67-62(70)39-37-50-49-22-9-16-33-65(49)73-68(50)67/h3-41H,1-2H3. The van der Waals surface area contributed by atoms with E-state index in [9.17, 15) is 0 Å². The van der Waals surface area contributed by atoms with E-state index in [2.05, 4.69) is 255 Å². The zero-order valence-corrected chi connectivity index (χ0v) is 40.4. The fraction of sp³-hybridized carbons (Fsp3) is 0.0704. The highest BCUT2D eigenvalue weighted by atomic mass is 16.3. The molecule has 2 spiro atoms. The first-order valence-corrected chi connectivity index (χ1v) is 25.8. The highest BCUT2D eigenvalue weighted by Crippen LogP contribution is 2.67. The molecule has 1 heterocycles. The second-order valence-electron chi connectivity index (χ2n) is 21.4. The van der Waals surface area contributed by atoms with E-state index in [1.54, 1.807) is 0 Å². The van der Waals surface area contributed by atoms with E-state index < -0.39 is 10.8 Å². The van der Waals surface area contributed by atoms with Crippen molar-refractivity contribution in [3.8, 4) is 55.6 Å². The summed E-state index contributed by atoms with van der Waals surface area (Å²) in [5.74, 6) is 0. The van der Waals surface area contributed by atoms with Crippen molar-refractivity contribution in [2.24, 2.45) is 0 Å². The van der Waals surface area contributed by atoms with Gasteiger partial charge in [-0.2, -0.15) is 0 Å². The summed E-state index contributed by atoms with van der Waals surface area (Å²) in [4.78, 5) is 2.59. The Kier molecular flexibility index (Phi) is 7.45. The van der Waals surface area contributed by atoms with Gasteiger partial charge in [0, 0.05) is 38.7 Å². The van der Waals surface area contributed by atoms with Gasteiger partial charge in [0.2, 0.25) is 0 Å². The van der Waals surface area contributed by atoms with Gasteiger partial charge in [-0.3, -0.25) is 0 Å². The molecule has 17 rings (SSSR count). The van der Waals surface area contributed by atoms with E-state index in [0.29, 0.717) is 0 Å². The van der Waals surface area contributed by atoms with Crippen molar-refractivity contribution in [1.82, 2.24) is 0 Å². The number of nitrogens with zero attached hydrogens (tertiary/aromatic N) is 1. The first kappa shape index (κ1) is 39.7. The lowest BCUT2D eigenvalue weighted by Gasteiger charge is -2.33. The second kappa shape index (κ2) is 13.7. The van der Waals surface area contributed by atoms with Crippen LogP contribution in [0.5, 0.6) is 0 Å². The first-order chi connectivity index (χ1) is 36.0. The zero-order chi connectivity index (χ0) is 48.0. The highest BCUT2D eigenvalue weighted by molar-refractivity contribution is 6.13. The van der Waals surface area contributed by atoms with Gasteiger partial charge >= 0.3 is 0 Å². The fourth-order valence-corrected chi connectivity index (χ4v) is 15.1. The molecule has 0 N–H and O–H groups in total. The molecule has 0 amide bonds. The molecule has 2 nitrogen and oxygen atoms in total. The number of para-hydroxylation sites is 1. The van der Waals surface area contributed by atoms with E-state index in [0.717, 1.165) is 33.3 Å². The maximum atomic E-state index is 6.87. The van der Waals surface area contributed by atoms with Gasteiger partial charge in [0.05, 0.1) is 16.5 Å². The minimum atomic E-state index is -0.541. The van der Waals surface area contributed by atoms with Crippen LogP contribution >= 0.6 is 0 Å². The molecule has 0 saturated carbocycles. The van der Waals surface area contributed by atoms with Gasteiger partial charge in [-0.05, 0) is 137 Å². The summed E-state index contributed by atoms with van der Waals surface area (Å²) in [6.07, 6.45) is 0. The Morgan fingerprint density at radius 1 is 0.301 bits per heavy atom. The van der Waals surface area contributed by atoms with Crippen LogP contribution in [0.25, 0.3) is 77.6 Å². The Morgan fingerprint density at radius 2 is 0.753 bits per heavy atom. The van der Waals surface area contributed by atoms with E-state index in [-0.39, 0.29) is 5.41 Å². The van der Waals surface area contributed by atoms with Crippen LogP contribution in [-0.4, -0.2) is 0 Å². The van der Waals surface area contributed by atoms with Crippen molar-refractivity contribution in [2.45, 2.75) is 30.1 Å². The first-order valence-electron chi connectivity index (χ1n) is 25.8. The van der Waals surface area contributed by atoms with Gasteiger partial charge in [0.15, 0.2) is 0 Å². The monoisotopic (exact) mass is 927 g/mol. The van der Waals surface area contributed by atoms with Crippen LogP contribution in [0.4, 0.5) is 17.1 Å². The topological polar surface area (TPSA) is 16.4 Å². The molecule has 340 valence electrons. The van der Waals surface area contributed by atoms with Crippen molar-refractivity contribution in [2.75, 3.05) is 4.90 Å². The third kappa shape index (κ3) is 4.63. The molecule has 1 atom stereocenters. The third-order valence-corrected chi connectivity index (χ3v) is 17.9. The Hall–Kier alpha value is -8.98. The Labute approximate surface area is 424 Å². The smallest absolute Gasteiger partial charge is 0.143 e. The molecular weight excluding hydrogens is 883 g/mol. The predicted octanol–water partition coefficient (Wildman–Crippen LogP) is 18.0. The number of hydrogen-bond donors (Lipinski definition) is 0. The molecular formula is C71H45NO. The molecule has 1 aromatic heterocycles. The zero-order valence-electron chi connectivity index (χ0n) is 40.4. The number of hydrogen-bond acceptors (Lipinski definition) is 2. The van der Waals surface area contributed by atoms with Crippen LogP contribution in [-0.2, 0) is 16.2 Å². The molecule has 11 aromatic carbocycles. The summed E-state index contributed by atoms with van der Waals surface area (Å²) in [7, 11) is 0. The Morgan fingerprint density at radius 3 is 1.41 bits per heavy atom. The highest BCUT2D eigenvalue weighted by Gasteiger charge is 2.54. The van der Waals surface area contributed by atoms with E-state index in [1.807, 2.05) is 0 Å². The maximum absolute atomic E-state index is 6.87. The maximum Gasteiger partial charge on any atom is 0.143 e. The van der Waals surface area contributed by atoms with Crippen molar-refractivity contribution in [3.63, 3.8) is 0 Å². The van der Waals surface area contributed by atoms with Crippen molar-refractivity contribution in [3.05, 3.63) is 292 Å². The van der Waals surface area contributed by atoms with Crippen LogP contribution in [0.15, 0.2) is 241 Å². The van der Waals surface area contributed by atoms with Gasteiger partial charge in [-0.15, -0.1) is 0 Å². The lowest BCUT2D eigenvalue weighted by atomic mass is 9.70. The van der Waals surface area contributed by atoms with Crippen LogP contribution in [0.3, 0.4) is 0 Å². The second-order valence-corrected chi connectivity index (χ2v) is 21.4. The lowest BCUT2D eigenvalue weighted by molar-refractivity contribution is 0.660. The van der Waals surface area contributed by atoms with Crippen LogP contribution < -0.4 is 4.90 Å². The minimum absolute atomic E-state index is 0.174. The fourth-order valence-electron chi connectivity index (χ4n) is 15.1. The van der Waals surface area contributed by atoms with Crippen molar-refractivity contribution in [1.29, 1.82) is 0 Å². The molecule has 5 aliphatic rings. The normalized spacial score (nSPS) is 16.6. The molecule has 0 bridgehead atoms. The quantitative estimate of drug-likeness (QED) is 0.176. The van der Waals surface area contributed by atoms with Crippen molar-refractivity contribution >= 4 is 39.0 Å². The Balaban J connectivity index is 0.948. The van der Waals surface area contributed by atoms with Gasteiger partial charge < -0.3 is 9.32 Å². The molecule has 1 unspecified atom stereocenters. The number of furan rings is 1. The van der Waals surface area contributed by atoms with E-state index in [4.69, 9.17) is 4.42 Å². The molecule has 12 aromatic rings. The molecule has 0 saturated heterocycles. The van der Waals surface area contributed by atoms with Crippen LogP contribution in [0.2, 0.25) is 0 Å². The van der Waals surface area contributed by atoms with E-state index >= 15 is 0 Å². The lowest BCUT2D eigenvalue weighted by Crippen LogP contribution is -2.26. The molecule has 0 radical (unpaired) electrons. The molecule has 73 heavy (non-hydrogen) atoms. The minimum Gasteiger partial charge on any atom is -0.455 e. The molecule has 0 aliphatic heterocycles. The van der Waals surface area contributed by atoms with Crippen LogP contribution in [0.1, 0.15) is 69.5 Å². The molecule has 0 fully saturated rings. The van der Waals surface area contributed by atoms with Gasteiger partial charge in [0.1, 0.15) is 11.2 Å². The summed E-state index contributed by atoms with van der Waals surface area (Å²) < 4.78 is 6.87. The number of fused-ring (bicyclic) bond motifs is 27. The van der Waals surface area contributed by atoms with E-state index in [1.165, 1.54) is 117 Å². The predicted molar refractivity (Wildman–Crippen MR) is 299 cm³/mol. The summed E-state index contributed by atoms with van der Waals surface area (Å²) in [5.41, 5.74) is 30.1. The van der Waals surface area contributed by atoms with Gasteiger partial charge in [-0.1, -0.05) is 214 Å². The summed E-state index contributed by atoms with van der Waals surface area (Å²) in [5, 5.41) is 2.31. The SMILES string of the molecule is CC1(C)c2ccccc2-c2c(N(c3ccc4c(c3)-c3ccccc3C43c4ccccc4-c4c3ccc3c4oc4ccccc43)c3ccc4c(c3)C3(c5ccccc5-c5ccccc53)c3ccccc3-4)cccc21. The molecule has 5 aliphatic carbocycles. The average Bonchev–Trinajstić information content (AvgIpc) is 4.25. The third-order valence-electron chi connectivity index (χ3n) is 17.9.